The highest BCUT2D eigenvalue weighted by molar-refractivity contribution is 9.10. The van der Waals surface area contributed by atoms with Crippen molar-refractivity contribution in [2.45, 2.75) is 26.2 Å². The van der Waals surface area contributed by atoms with E-state index in [1.54, 1.807) is 0 Å². The minimum atomic E-state index is 1.06. The number of aryl methyl sites for hydroxylation is 1. The second kappa shape index (κ2) is 12.5. The Hall–Kier alpha value is -3.34. The van der Waals surface area contributed by atoms with Gasteiger partial charge in [-0.3, -0.25) is 0 Å². The summed E-state index contributed by atoms with van der Waals surface area (Å²) >= 11 is 7.15. The van der Waals surface area contributed by atoms with Gasteiger partial charge >= 0.3 is 0 Å². The molecule has 0 spiro atoms. The molecule has 0 fully saturated rings. The number of hydrogen-bond donors (Lipinski definition) is 0. The Morgan fingerprint density at radius 3 is 1.18 bits per heavy atom. The molecule has 0 atom stereocenters. The van der Waals surface area contributed by atoms with Crippen LogP contribution in [0.1, 0.15) is 25.3 Å². The van der Waals surface area contributed by atoms with Gasteiger partial charge < -0.3 is 9.80 Å². The first-order chi connectivity index (χ1) is 18.6. The van der Waals surface area contributed by atoms with Gasteiger partial charge in [-0.25, -0.2) is 0 Å². The molecular weight excluding hydrogens is 596 g/mol. The molecule has 0 aliphatic rings. The fourth-order valence-corrected chi connectivity index (χ4v) is 5.12. The van der Waals surface area contributed by atoms with Crippen molar-refractivity contribution in [2.75, 3.05) is 9.80 Å². The Kier molecular flexibility index (Phi) is 8.62. The average molecular weight is 626 g/mol. The van der Waals surface area contributed by atoms with Crippen LogP contribution in [0, 0.1) is 0 Å². The number of halogens is 2. The monoisotopic (exact) mass is 624 g/mol. The Morgan fingerprint density at radius 2 is 0.789 bits per heavy atom. The summed E-state index contributed by atoms with van der Waals surface area (Å²) in [5.74, 6) is 0. The Morgan fingerprint density at radius 1 is 0.447 bits per heavy atom. The number of benzene rings is 5. The summed E-state index contributed by atoms with van der Waals surface area (Å²) in [5.41, 5.74) is 8.10. The Bertz CT molecular complexity index is 1390. The Balaban J connectivity index is 1.53. The molecule has 0 heterocycles. The Labute approximate surface area is 242 Å². The van der Waals surface area contributed by atoms with Gasteiger partial charge in [-0.2, -0.15) is 0 Å². The fourth-order valence-electron chi connectivity index (χ4n) is 4.60. The normalized spacial score (nSPS) is 10.8. The third-order valence-corrected chi connectivity index (χ3v) is 7.62. The van der Waals surface area contributed by atoms with Crippen LogP contribution in [0.15, 0.2) is 136 Å². The van der Waals surface area contributed by atoms with Crippen LogP contribution in [0.4, 0.5) is 34.1 Å². The molecule has 2 nitrogen and oxygen atoms in total. The fraction of sp³-hybridized carbons (Fsp3) is 0.118. The van der Waals surface area contributed by atoms with Gasteiger partial charge in [0, 0.05) is 43.1 Å². The molecule has 0 radical (unpaired) electrons. The summed E-state index contributed by atoms with van der Waals surface area (Å²) < 4.78 is 2.12. The predicted molar refractivity (Wildman–Crippen MR) is 170 cm³/mol. The number of anilines is 6. The molecule has 0 unspecified atom stereocenters. The van der Waals surface area contributed by atoms with Crippen molar-refractivity contribution in [1.29, 1.82) is 0 Å². The minimum absolute atomic E-state index is 1.06. The maximum atomic E-state index is 3.57. The molecule has 0 saturated heterocycles. The third-order valence-electron chi connectivity index (χ3n) is 6.56. The lowest BCUT2D eigenvalue weighted by Crippen LogP contribution is -2.12. The van der Waals surface area contributed by atoms with Crippen molar-refractivity contribution in [3.8, 4) is 0 Å². The molecule has 0 bridgehead atoms. The molecule has 5 rings (SSSR count). The molecule has 0 aromatic heterocycles. The van der Waals surface area contributed by atoms with Gasteiger partial charge in [0.05, 0.1) is 0 Å². The van der Waals surface area contributed by atoms with Crippen molar-refractivity contribution >= 4 is 66.0 Å². The zero-order chi connectivity index (χ0) is 26.3. The van der Waals surface area contributed by atoms with Crippen LogP contribution in [-0.4, -0.2) is 0 Å². The lowest BCUT2D eigenvalue weighted by Gasteiger charge is -2.28. The van der Waals surface area contributed by atoms with Crippen LogP contribution >= 0.6 is 31.9 Å². The lowest BCUT2D eigenvalue weighted by molar-refractivity contribution is 0.795. The molecule has 4 heteroatoms. The topological polar surface area (TPSA) is 6.48 Å². The van der Waals surface area contributed by atoms with E-state index in [4.69, 9.17) is 0 Å². The highest BCUT2D eigenvalue weighted by Crippen LogP contribution is 2.39. The quantitative estimate of drug-likeness (QED) is 0.161. The van der Waals surface area contributed by atoms with Crippen molar-refractivity contribution in [2.24, 2.45) is 0 Å². The molecule has 0 saturated carbocycles. The number of para-hydroxylation sites is 1. The molecule has 5 aromatic carbocycles. The van der Waals surface area contributed by atoms with E-state index in [9.17, 15) is 0 Å². The predicted octanol–water partition coefficient (Wildman–Crippen LogP) is 11.5. The minimum Gasteiger partial charge on any atom is -0.311 e. The summed E-state index contributed by atoms with van der Waals surface area (Å²) in [6.07, 6.45) is 3.55. The zero-order valence-corrected chi connectivity index (χ0v) is 24.6. The van der Waals surface area contributed by atoms with Crippen LogP contribution in [0.3, 0.4) is 0 Å². The van der Waals surface area contributed by atoms with E-state index in [2.05, 4.69) is 176 Å². The second-order valence-corrected chi connectivity index (χ2v) is 11.1. The smallest absolute Gasteiger partial charge is 0.0463 e. The number of hydrogen-bond acceptors (Lipinski definition) is 2. The van der Waals surface area contributed by atoms with E-state index in [1.165, 1.54) is 18.4 Å². The van der Waals surface area contributed by atoms with Gasteiger partial charge in [-0.1, -0.05) is 75.5 Å². The van der Waals surface area contributed by atoms with E-state index in [0.29, 0.717) is 0 Å². The van der Waals surface area contributed by atoms with Gasteiger partial charge in [0.1, 0.15) is 0 Å². The van der Waals surface area contributed by atoms with Gasteiger partial charge in [-0.05, 0) is 115 Å². The number of rotatable bonds is 9. The van der Waals surface area contributed by atoms with E-state index in [0.717, 1.165) is 49.5 Å². The second-order valence-electron chi connectivity index (χ2n) is 9.25. The molecular formula is C34H30Br2N2. The van der Waals surface area contributed by atoms with E-state index in [1.807, 2.05) is 0 Å². The molecule has 0 aliphatic heterocycles. The summed E-state index contributed by atoms with van der Waals surface area (Å²) in [5, 5.41) is 0. The summed E-state index contributed by atoms with van der Waals surface area (Å²) in [6.45, 7) is 2.24. The number of nitrogens with zero attached hydrogens (tertiary/aromatic N) is 2. The highest BCUT2D eigenvalue weighted by atomic mass is 79.9. The largest absolute Gasteiger partial charge is 0.311 e. The first-order valence-corrected chi connectivity index (χ1v) is 14.6. The molecule has 190 valence electrons. The van der Waals surface area contributed by atoms with Crippen molar-refractivity contribution in [3.63, 3.8) is 0 Å². The van der Waals surface area contributed by atoms with Crippen LogP contribution in [0.25, 0.3) is 0 Å². The SMILES string of the molecule is CCCCc1ccc(N(c2ccccc2)c2ccc(N(c3ccc(Br)cc3)c3ccc(Br)cc3)cc2)cc1. The molecule has 0 aliphatic carbocycles. The van der Waals surface area contributed by atoms with Gasteiger partial charge in [0.15, 0.2) is 0 Å². The van der Waals surface area contributed by atoms with E-state index >= 15 is 0 Å². The van der Waals surface area contributed by atoms with Crippen LogP contribution < -0.4 is 9.80 Å². The molecule has 5 aromatic rings. The summed E-state index contributed by atoms with van der Waals surface area (Å²) in [4.78, 5) is 4.59. The van der Waals surface area contributed by atoms with E-state index < -0.39 is 0 Å². The van der Waals surface area contributed by atoms with Gasteiger partial charge in [-0.15, -0.1) is 0 Å². The van der Waals surface area contributed by atoms with Crippen LogP contribution in [-0.2, 0) is 6.42 Å². The molecule has 0 N–H and O–H groups in total. The first kappa shape index (κ1) is 26.3. The summed E-state index contributed by atoms with van der Waals surface area (Å²) in [6, 6.07) is 45.2. The van der Waals surface area contributed by atoms with Crippen molar-refractivity contribution < 1.29 is 0 Å². The molecule has 38 heavy (non-hydrogen) atoms. The maximum Gasteiger partial charge on any atom is 0.0463 e. The lowest BCUT2D eigenvalue weighted by atomic mass is 10.1. The van der Waals surface area contributed by atoms with Crippen LogP contribution in [0.2, 0.25) is 0 Å². The third kappa shape index (κ3) is 6.20. The van der Waals surface area contributed by atoms with Gasteiger partial charge in [0.25, 0.3) is 0 Å². The average Bonchev–Trinajstić information content (AvgIpc) is 2.96. The zero-order valence-electron chi connectivity index (χ0n) is 21.4. The number of unbranched alkanes of at least 4 members (excludes halogenated alkanes) is 1. The summed E-state index contributed by atoms with van der Waals surface area (Å²) in [7, 11) is 0. The first-order valence-electron chi connectivity index (χ1n) is 13.0. The van der Waals surface area contributed by atoms with Crippen molar-refractivity contribution in [3.05, 3.63) is 142 Å². The van der Waals surface area contributed by atoms with Gasteiger partial charge in [0.2, 0.25) is 0 Å². The van der Waals surface area contributed by atoms with Crippen LogP contribution in [0.5, 0.6) is 0 Å². The standard InChI is InChI=1S/C34H30Br2N2/c1-2-3-7-26-10-16-30(17-11-26)37(29-8-5-4-6-9-29)33-22-24-34(25-23-33)38(31-18-12-27(35)13-19-31)32-20-14-28(36)15-21-32/h4-6,8-25H,2-3,7H2,1H3. The highest BCUT2D eigenvalue weighted by Gasteiger charge is 2.16. The molecule has 0 amide bonds. The van der Waals surface area contributed by atoms with Crippen molar-refractivity contribution in [1.82, 2.24) is 0 Å². The maximum absolute atomic E-state index is 3.57. The van der Waals surface area contributed by atoms with E-state index in [-0.39, 0.29) is 0 Å².